The number of fused-ring (bicyclic) bond motifs is 2. The number of nitrogens with zero attached hydrogens (tertiary/aromatic N) is 3. The molecule has 0 aliphatic carbocycles. The van der Waals surface area contributed by atoms with Gasteiger partial charge < -0.3 is 16.0 Å². The Bertz CT molecular complexity index is 1140. The molecular weight excluding hydrogens is 378 g/mol. The van der Waals surface area contributed by atoms with Crippen molar-refractivity contribution >= 4 is 23.3 Å². The van der Waals surface area contributed by atoms with Gasteiger partial charge in [-0.1, -0.05) is 48.5 Å². The van der Waals surface area contributed by atoms with Crippen molar-refractivity contribution in [3.63, 3.8) is 0 Å². The summed E-state index contributed by atoms with van der Waals surface area (Å²) in [6.45, 7) is 2.37. The molecule has 2 aromatic carbocycles. The van der Waals surface area contributed by atoms with Crippen LogP contribution in [0, 0.1) is 6.92 Å². The summed E-state index contributed by atoms with van der Waals surface area (Å²) in [6.07, 6.45) is 0.564. The molecule has 7 heteroatoms. The molecule has 30 heavy (non-hydrogen) atoms. The van der Waals surface area contributed by atoms with E-state index >= 15 is 0 Å². The third-order valence-corrected chi connectivity index (χ3v) is 6.24. The summed E-state index contributed by atoms with van der Waals surface area (Å²) in [6, 6.07) is 18.9. The van der Waals surface area contributed by atoms with Crippen molar-refractivity contribution in [2.24, 2.45) is 0 Å². The van der Waals surface area contributed by atoms with Crippen molar-refractivity contribution in [1.29, 1.82) is 0 Å². The number of carbonyl (C=O) groups excluding carboxylic acids is 2. The predicted molar refractivity (Wildman–Crippen MR) is 114 cm³/mol. The van der Waals surface area contributed by atoms with Crippen LogP contribution in [0.1, 0.15) is 29.3 Å². The average Bonchev–Trinajstić information content (AvgIpc) is 3.38. The van der Waals surface area contributed by atoms with Gasteiger partial charge in [-0.25, -0.2) is 4.68 Å². The van der Waals surface area contributed by atoms with Gasteiger partial charge in [-0.15, -0.1) is 0 Å². The first-order valence-corrected chi connectivity index (χ1v) is 10.1. The van der Waals surface area contributed by atoms with Gasteiger partial charge in [0.25, 0.3) is 0 Å². The smallest absolute Gasteiger partial charge is 0.244 e. The van der Waals surface area contributed by atoms with Crippen LogP contribution >= 0.6 is 0 Å². The molecule has 1 saturated heterocycles. The molecule has 2 amide bonds. The van der Waals surface area contributed by atoms with Gasteiger partial charge >= 0.3 is 0 Å². The van der Waals surface area contributed by atoms with E-state index in [1.807, 2.05) is 66.4 Å². The number of aryl methyl sites for hydroxylation is 1. The molecule has 152 valence electrons. The maximum Gasteiger partial charge on any atom is 0.244 e. The minimum atomic E-state index is -0.806. The van der Waals surface area contributed by atoms with Crippen molar-refractivity contribution in [2.45, 2.75) is 31.3 Å². The van der Waals surface area contributed by atoms with E-state index in [1.54, 1.807) is 6.07 Å². The number of hydrogen-bond donors (Lipinski definition) is 2. The van der Waals surface area contributed by atoms with E-state index < -0.39 is 11.5 Å². The Morgan fingerprint density at radius 1 is 1.20 bits per heavy atom. The fourth-order valence-electron chi connectivity index (χ4n) is 4.97. The van der Waals surface area contributed by atoms with Gasteiger partial charge in [0.05, 0.1) is 11.7 Å². The number of hydrogen-bond acceptors (Lipinski definition) is 4. The molecule has 2 unspecified atom stereocenters. The van der Waals surface area contributed by atoms with Crippen LogP contribution in [0.2, 0.25) is 0 Å². The lowest BCUT2D eigenvalue weighted by molar-refractivity contribution is -0.134. The number of carbonyl (C=O) groups is 2. The Morgan fingerprint density at radius 2 is 1.93 bits per heavy atom. The van der Waals surface area contributed by atoms with Gasteiger partial charge in [-0.3, -0.25) is 9.59 Å². The number of amides is 2. The Hall–Kier alpha value is -3.61. The van der Waals surface area contributed by atoms with Gasteiger partial charge in [0.15, 0.2) is 0 Å². The van der Waals surface area contributed by atoms with Crippen LogP contribution in [0.15, 0.2) is 60.7 Å². The molecule has 1 aromatic heterocycles. The zero-order chi connectivity index (χ0) is 20.9. The minimum Gasteiger partial charge on any atom is -0.384 e. The van der Waals surface area contributed by atoms with Crippen molar-refractivity contribution in [3.05, 3.63) is 77.5 Å². The first kappa shape index (κ1) is 18.4. The maximum atomic E-state index is 13.4. The SMILES string of the molecule is Cc1cc(N)n(CC(=O)N2CCC3(C(=O)Nc4ccccc43)C2c2ccccc2)n1. The number of benzene rings is 2. The zero-order valence-electron chi connectivity index (χ0n) is 16.7. The number of nitrogen functional groups attached to an aromatic ring is 1. The predicted octanol–water partition coefficient (Wildman–Crippen LogP) is 2.64. The van der Waals surface area contributed by atoms with Crippen LogP contribution < -0.4 is 11.1 Å². The van der Waals surface area contributed by atoms with Crippen molar-refractivity contribution in [2.75, 3.05) is 17.6 Å². The first-order valence-electron chi connectivity index (χ1n) is 10.1. The fraction of sp³-hybridized carbons (Fsp3) is 0.261. The normalized spacial score (nSPS) is 22.4. The molecule has 2 atom stereocenters. The van der Waals surface area contributed by atoms with Crippen LogP contribution in [-0.2, 0) is 21.5 Å². The summed E-state index contributed by atoms with van der Waals surface area (Å²) in [5.74, 6) is 0.296. The molecular formula is C23H23N5O2. The molecule has 3 N–H and O–H groups in total. The lowest BCUT2D eigenvalue weighted by Gasteiger charge is -2.34. The van der Waals surface area contributed by atoms with E-state index in [0.717, 1.165) is 22.5 Å². The number of aromatic nitrogens is 2. The van der Waals surface area contributed by atoms with Crippen molar-refractivity contribution in [1.82, 2.24) is 14.7 Å². The molecule has 2 aliphatic heterocycles. The molecule has 0 radical (unpaired) electrons. The van der Waals surface area contributed by atoms with Crippen LogP contribution in [0.25, 0.3) is 0 Å². The maximum absolute atomic E-state index is 13.4. The highest BCUT2D eigenvalue weighted by Gasteiger charge is 2.59. The Morgan fingerprint density at radius 3 is 2.67 bits per heavy atom. The first-order chi connectivity index (χ1) is 14.5. The molecule has 1 fully saturated rings. The number of para-hydroxylation sites is 1. The second-order valence-electron chi connectivity index (χ2n) is 7.99. The standard InChI is InChI=1S/C23H23N5O2/c1-15-13-19(24)28(26-15)14-20(29)27-12-11-23(21(27)16-7-3-2-4-8-16)17-9-5-6-10-18(17)25-22(23)30/h2-10,13,21H,11-12,14,24H2,1H3,(H,25,30). The molecule has 3 aromatic rings. The lowest BCUT2D eigenvalue weighted by atomic mass is 9.72. The van der Waals surface area contributed by atoms with Gasteiger partial charge in [0.2, 0.25) is 11.8 Å². The van der Waals surface area contributed by atoms with E-state index in [4.69, 9.17) is 5.73 Å². The third kappa shape index (κ3) is 2.62. The van der Waals surface area contributed by atoms with Gasteiger partial charge in [0.1, 0.15) is 17.8 Å². The molecule has 0 bridgehead atoms. The summed E-state index contributed by atoms with van der Waals surface area (Å²) < 4.78 is 1.52. The van der Waals surface area contributed by atoms with Gasteiger partial charge in [-0.05, 0) is 30.5 Å². The summed E-state index contributed by atoms with van der Waals surface area (Å²) in [5, 5.41) is 7.36. The Kier molecular flexibility index (Phi) is 4.13. The van der Waals surface area contributed by atoms with Gasteiger partial charge in [-0.2, -0.15) is 5.10 Å². The lowest BCUT2D eigenvalue weighted by Crippen LogP contribution is -2.43. The molecule has 1 spiro atoms. The average molecular weight is 401 g/mol. The number of nitrogens with two attached hydrogens (primary N) is 1. The number of rotatable bonds is 3. The Balaban J connectivity index is 1.59. The monoisotopic (exact) mass is 401 g/mol. The Labute approximate surface area is 174 Å². The highest BCUT2D eigenvalue weighted by atomic mass is 16.2. The van der Waals surface area contributed by atoms with Crippen LogP contribution in [-0.4, -0.2) is 33.0 Å². The minimum absolute atomic E-state index is 0.0440. The largest absolute Gasteiger partial charge is 0.384 e. The molecule has 3 heterocycles. The second kappa shape index (κ2) is 6.73. The highest BCUT2D eigenvalue weighted by Crippen LogP contribution is 2.54. The zero-order valence-corrected chi connectivity index (χ0v) is 16.7. The van der Waals surface area contributed by atoms with E-state index in [9.17, 15) is 9.59 Å². The van der Waals surface area contributed by atoms with Crippen molar-refractivity contribution in [3.8, 4) is 0 Å². The number of likely N-dealkylation sites (tertiary alicyclic amines) is 1. The van der Waals surface area contributed by atoms with E-state index in [-0.39, 0.29) is 18.4 Å². The van der Waals surface area contributed by atoms with Crippen molar-refractivity contribution < 1.29 is 9.59 Å². The van der Waals surface area contributed by atoms with Crippen LogP contribution in [0.4, 0.5) is 11.5 Å². The molecule has 2 aliphatic rings. The topological polar surface area (TPSA) is 93.2 Å². The number of anilines is 2. The van der Waals surface area contributed by atoms with E-state index in [0.29, 0.717) is 18.8 Å². The van der Waals surface area contributed by atoms with Crippen LogP contribution in [0.3, 0.4) is 0 Å². The summed E-state index contributed by atoms with van der Waals surface area (Å²) in [5.41, 5.74) is 8.68. The summed E-state index contributed by atoms with van der Waals surface area (Å²) in [4.78, 5) is 28.5. The molecule has 0 saturated carbocycles. The summed E-state index contributed by atoms with van der Waals surface area (Å²) in [7, 11) is 0. The third-order valence-electron chi connectivity index (χ3n) is 6.24. The number of nitrogens with one attached hydrogen (secondary N) is 1. The van der Waals surface area contributed by atoms with Gasteiger partial charge in [0, 0.05) is 18.3 Å². The quantitative estimate of drug-likeness (QED) is 0.706. The fourth-order valence-corrected chi connectivity index (χ4v) is 4.97. The van der Waals surface area contributed by atoms with Crippen LogP contribution in [0.5, 0.6) is 0 Å². The molecule has 5 rings (SSSR count). The van der Waals surface area contributed by atoms with E-state index in [1.165, 1.54) is 4.68 Å². The molecule has 7 nitrogen and oxygen atoms in total. The second-order valence-corrected chi connectivity index (χ2v) is 7.99. The highest BCUT2D eigenvalue weighted by molar-refractivity contribution is 6.07. The van der Waals surface area contributed by atoms with E-state index in [2.05, 4.69) is 10.4 Å². The summed E-state index contributed by atoms with van der Waals surface area (Å²) >= 11 is 0.